The van der Waals surface area contributed by atoms with Crippen molar-refractivity contribution in [2.45, 2.75) is 38.0 Å². The molecule has 0 heterocycles. The van der Waals surface area contributed by atoms with E-state index in [1.807, 2.05) is 27.7 Å². The van der Waals surface area contributed by atoms with Crippen molar-refractivity contribution in [1.82, 2.24) is 0 Å². The normalized spacial score (nSPS) is 13.9. The first-order chi connectivity index (χ1) is 3.81. The lowest BCUT2D eigenvalue weighted by Crippen LogP contribution is -2.42. The van der Waals surface area contributed by atoms with Gasteiger partial charge in [-0.25, -0.2) is 0 Å². The molecule has 2 radical (unpaired) electrons. The predicted molar refractivity (Wildman–Crippen MR) is 44.0 cm³/mol. The standard InChI is InChI=1S/C6H13BOS/c1-5(2,8-7)6(3,4)9/h9H,1-4H3. The Hall–Kier alpha value is 0.375. The quantitative estimate of drug-likeness (QED) is 0.457. The molecule has 0 aliphatic rings. The van der Waals surface area contributed by atoms with Crippen LogP contribution in [0.15, 0.2) is 0 Å². The summed E-state index contributed by atoms with van der Waals surface area (Å²) >= 11 is 4.31. The van der Waals surface area contributed by atoms with Crippen molar-refractivity contribution in [1.29, 1.82) is 0 Å². The lowest BCUT2D eigenvalue weighted by molar-refractivity contribution is 0.0896. The second-order valence-corrected chi connectivity index (χ2v) is 4.31. The van der Waals surface area contributed by atoms with Gasteiger partial charge in [0.1, 0.15) is 0 Å². The number of hydrogen-bond donors (Lipinski definition) is 1. The molecule has 52 valence electrons. The molecule has 0 bridgehead atoms. The van der Waals surface area contributed by atoms with Crippen LogP contribution < -0.4 is 0 Å². The minimum Gasteiger partial charge on any atom is -0.442 e. The fourth-order valence-electron chi connectivity index (χ4n) is 0.144. The van der Waals surface area contributed by atoms with E-state index in [9.17, 15) is 0 Å². The molecule has 3 heteroatoms. The van der Waals surface area contributed by atoms with Crippen LogP contribution >= 0.6 is 12.6 Å². The zero-order chi connectivity index (χ0) is 7.71. The highest BCUT2D eigenvalue weighted by Gasteiger charge is 2.32. The molecule has 0 spiro atoms. The van der Waals surface area contributed by atoms with Crippen molar-refractivity contribution in [3.05, 3.63) is 0 Å². The molecule has 0 atom stereocenters. The third-order valence-electron chi connectivity index (χ3n) is 1.77. The summed E-state index contributed by atoms with van der Waals surface area (Å²) in [5.74, 6) is 0. The van der Waals surface area contributed by atoms with E-state index in [2.05, 4.69) is 12.6 Å². The summed E-state index contributed by atoms with van der Waals surface area (Å²) in [7, 11) is 5.04. The van der Waals surface area contributed by atoms with Crippen molar-refractivity contribution in [3.8, 4) is 0 Å². The Kier molecular flexibility index (Phi) is 2.65. The van der Waals surface area contributed by atoms with Crippen LogP contribution in [0.5, 0.6) is 0 Å². The third kappa shape index (κ3) is 2.22. The highest BCUT2D eigenvalue weighted by Crippen LogP contribution is 2.29. The summed E-state index contributed by atoms with van der Waals surface area (Å²) in [6, 6.07) is 0. The SMILES string of the molecule is [B]OC(C)(C)C(C)(C)S. The summed E-state index contributed by atoms with van der Waals surface area (Å²) < 4.78 is 4.52. The summed E-state index contributed by atoms with van der Waals surface area (Å²) in [6.45, 7) is 7.73. The number of thiol groups is 1. The maximum atomic E-state index is 5.04. The van der Waals surface area contributed by atoms with E-state index >= 15 is 0 Å². The van der Waals surface area contributed by atoms with Crippen molar-refractivity contribution >= 4 is 20.7 Å². The van der Waals surface area contributed by atoms with Gasteiger partial charge in [0.05, 0.1) is 5.60 Å². The number of rotatable bonds is 2. The first-order valence-corrected chi connectivity index (χ1v) is 3.36. The summed E-state index contributed by atoms with van der Waals surface area (Å²) in [4.78, 5) is 0. The molecule has 0 saturated heterocycles. The zero-order valence-electron chi connectivity index (χ0n) is 6.43. The second-order valence-electron chi connectivity index (χ2n) is 3.19. The van der Waals surface area contributed by atoms with Crippen LogP contribution in [0.1, 0.15) is 27.7 Å². The fraction of sp³-hybridized carbons (Fsp3) is 1.00. The smallest absolute Gasteiger partial charge is 0.283 e. The van der Waals surface area contributed by atoms with Crippen LogP contribution in [0, 0.1) is 0 Å². The molecule has 0 saturated carbocycles. The highest BCUT2D eigenvalue weighted by atomic mass is 32.1. The van der Waals surface area contributed by atoms with Gasteiger partial charge in [-0.3, -0.25) is 0 Å². The summed E-state index contributed by atoms with van der Waals surface area (Å²) in [5, 5.41) is 0. The van der Waals surface area contributed by atoms with Crippen molar-refractivity contribution < 1.29 is 4.65 Å². The van der Waals surface area contributed by atoms with Gasteiger partial charge in [0, 0.05) is 4.75 Å². The third-order valence-corrected chi connectivity index (χ3v) is 2.31. The van der Waals surface area contributed by atoms with Gasteiger partial charge in [-0.05, 0) is 27.7 Å². The van der Waals surface area contributed by atoms with E-state index in [0.717, 1.165) is 0 Å². The lowest BCUT2D eigenvalue weighted by atomic mass is 9.93. The molecule has 0 unspecified atom stereocenters. The van der Waals surface area contributed by atoms with Crippen LogP contribution in [0.3, 0.4) is 0 Å². The molecule has 0 rings (SSSR count). The molecule has 0 aromatic rings. The van der Waals surface area contributed by atoms with Crippen LogP contribution in [-0.2, 0) is 4.65 Å². The first kappa shape index (κ1) is 9.37. The van der Waals surface area contributed by atoms with Crippen molar-refractivity contribution in [3.63, 3.8) is 0 Å². The molecule has 0 aromatic carbocycles. The zero-order valence-corrected chi connectivity index (χ0v) is 7.33. The van der Waals surface area contributed by atoms with E-state index < -0.39 is 0 Å². The summed E-state index contributed by atoms with van der Waals surface area (Å²) in [5.41, 5.74) is -0.379. The van der Waals surface area contributed by atoms with E-state index in [0.29, 0.717) is 0 Å². The van der Waals surface area contributed by atoms with E-state index in [-0.39, 0.29) is 10.3 Å². The van der Waals surface area contributed by atoms with Crippen LogP contribution in [0.2, 0.25) is 0 Å². The minimum absolute atomic E-state index is 0.207. The van der Waals surface area contributed by atoms with E-state index in [1.54, 1.807) is 0 Å². The van der Waals surface area contributed by atoms with Gasteiger partial charge >= 0.3 is 0 Å². The van der Waals surface area contributed by atoms with E-state index in [1.165, 1.54) is 0 Å². The molecule has 1 nitrogen and oxygen atoms in total. The Morgan fingerprint density at radius 1 is 1.22 bits per heavy atom. The fourth-order valence-corrected chi connectivity index (χ4v) is 0.197. The van der Waals surface area contributed by atoms with Crippen molar-refractivity contribution in [2.24, 2.45) is 0 Å². The monoisotopic (exact) mass is 144 g/mol. The predicted octanol–water partition coefficient (Wildman–Crippen LogP) is 1.57. The Labute approximate surface area is 64.0 Å². The Morgan fingerprint density at radius 3 is 1.56 bits per heavy atom. The van der Waals surface area contributed by atoms with E-state index in [4.69, 9.17) is 12.7 Å². The topological polar surface area (TPSA) is 9.23 Å². The maximum Gasteiger partial charge on any atom is 0.283 e. The molecule has 0 aliphatic heterocycles. The summed E-state index contributed by atoms with van der Waals surface area (Å²) in [6.07, 6.45) is 0. The van der Waals surface area contributed by atoms with Gasteiger partial charge in [-0.2, -0.15) is 12.6 Å². The number of hydrogen-bond acceptors (Lipinski definition) is 2. The van der Waals surface area contributed by atoms with Gasteiger partial charge < -0.3 is 4.65 Å². The van der Waals surface area contributed by atoms with Gasteiger partial charge in [-0.1, -0.05) is 0 Å². The molecule has 9 heavy (non-hydrogen) atoms. The second kappa shape index (κ2) is 2.55. The maximum absolute atomic E-state index is 5.04. The van der Waals surface area contributed by atoms with Gasteiger partial charge in [-0.15, -0.1) is 0 Å². The van der Waals surface area contributed by atoms with Gasteiger partial charge in [0.15, 0.2) is 0 Å². The average Bonchev–Trinajstić information content (AvgIpc) is 1.64. The highest BCUT2D eigenvalue weighted by molar-refractivity contribution is 7.81. The van der Waals surface area contributed by atoms with Crippen LogP contribution in [0.25, 0.3) is 0 Å². The van der Waals surface area contributed by atoms with Crippen LogP contribution in [0.4, 0.5) is 0 Å². The van der Waals surface area contributed by atoms with Gasteiger partial charge in [0.2, 0.25) is 0 Å². The molecule has 0 fully saturated rings. The molecular formula is C6H13BOS. The largest absolute Gasteiger partial charge is 0.442 e. The molecular weight excluding hydrogens is 131 g/mol. The Bertz CT molecular complexity index is 95.7. The molecule has 0 amide bonds. The average molecular weight is 144 g/mol. The van der Waals surface area contributed by atoms with Crippen LogP contribution in [-0.4, -0.2) is 18.4 Å². The minimum atomic E-state index is -0.379. The molecule has 0 N–H and O–H groups in total. The van der Waals surface area contributed by atoms with Crippen molar-refractivity contribution in [2.75, 3.05) is 0 Å². The molecule has 0 aromatic heterocycles. The first-order valence-electron chi connectivity index (χ1n) is 2.91. The Morgan fingerprint density at radius 2 is 1.56 bits per heavy atom. The lowest BCUT2D eigenvalue weighted by Gasteiger charge is -2.37. The Balaban J connectivity index is 4.14. The van der Waals surface area contributed by atoms with Gasteiger partial charge in [0.25, 0.3) is 8.05 Å². The molecule has 0 aliphatic carbocycles.